The smallest absolute Gasteiger partial charge is 0.0375 e. The molecule has 2 rings (SSSR count). The zero-order valence-corrected chi connectivity index (χ0v) is 12.8. The van der Waals surface area contributed by atoms with Crippen LogP contribution in [0.4, 0.5) is 0 Å². The Morgan fingerprint density at radius 3 is 2.56 bits per heavy atom. The van der Waals surface area contributed by atoms with Gasteiger partial charge in [-0.2, -0.15) is 0 Å². The van der Waals surface area contributed by atoms with E-state index in [-0.39, 0.29) is 5.41 Å². The number of rotatable bonds is 2. The minimum atomic E-state index is 0.179. The topological polar surface area (TPSA) is 0 Å². The summed E-state index contributed by atoms with van der Waals surface area (Å²) < 4.78 is 0. The van der Waals surface area contributed by atoms with Gasteiger partial charge in [-0.1, -0.05) is 57.0 Å². The predicted octanol–water partition coefficient (Wildman–Crippen LogP) is 5.32. The number of hydrogen-bond donors (Lipinski definition) is 0. The number of benzene rings is 1. The highest BCUT2D eigenvalue weighted by atomic mass is 35.5. The van der Waals surface area contributed by atoms with Crippen LogP contribution in [0.2, 0.25) is 0 Å². The summed E-state index contributed by atoms with van der Waals surface area (Å²) in [4.78, 5) is 0. The third-order valence-electron chi connectivity index (χ3n) is 4.72. The molecule has 1 aliphatic carbocycles. The first-order valence-corrected chi connectivity index (χ1v) is 7.56. The molecular formula is C17H25Cl. The Balaban J connectivity index is 2.25. The second-order valence-electron chi connectivity index (χ2n) is 6.63. The average molecular weight is 265 g/mol. The second-order valence-corrected chi connectivity index (χ2v) is 7.19. The predicted molar refractivity (Wildman–Crippen MR) is 80.4 cm³/mol. The Labute approximate surface area is 117 Å². The van der Waals surface area contributed by atoms with Crippen LogP contribution in [-0.4, -0.2) is 5.38 Å². The lowest BCUT2D eigenvalue weighted by atomic mass is 9.65. The van der Waals surface area contributed by atoms with Crippen molar-refractivity contribution in [2.24, 2.45) is 11.8 Å². The first kappa shape index (κ1) is 13.9. The SMILES string of the molecule is Cc1cccc(C(C)(C)C2CCC(C)CC2Cl)c1. The van der Waals surface area contributed by atoms with Gasteiger partial charge in [0.2, 0.25) is 0 Å². The summed E-state index contributed by atoms with van der Waals surface area (Å²) in [5, 5.41) is 0.323. The van der Waals surface area contributed by atoms with Gasteiger partial charge >= 0.3 is 0 Å². The fourth-order valence-electron chi connectivity index (χ4n) is 3.38. The summed E-state index contributed by atoms with van der Waals surface area (Å²) in [7, 11) is 0. The molecule has 3 unspecified atom stereocenters. The highest BCUT2D eigenvalue weighted by molar-refractivity contribution is 6.20. The van der Waals surface area contributed by atoms with Crippen molar-refractivity contribution in [3.8, 4) is 0 Å². The lowest BCUT2D eigenvalue weighted by Crippen LogP contribution is -2.38. The minimum absolute atomic E-state index is 0.179. The van der Waals surface area contributed by atoms with Gasteiger partial charge in [0.15, 0.2) is 0 Å². The summed E-state index contributed by atoms with van der Waals surface area (Å²) in [6.45, 7) is 9.21. The zero-order valence-electron chi connectivity index (χ0n) is 12.0. The molecule has 1 fully saturated rings. The fourth-order valence-corrected chi connectivity index (χ4v) is 4.13. The molecule has 18 heavy (non-hydrogen) atoms. The number of hydrogen-bond acceptors (Lipinski definition) is 0. The van der Waals surface area contributed by atoms with E-state index in [4.69, 9.17) is 11.6 Å². The monoisotopic (exact) mass is 264 g/mol. The van der Waals surface area contributed by atoms with Crippen LogP contribution in [0.15, 0.2) is 24.3 Å². The maximum atomic E-state index is 6.65. The molecule has 0 aromatic heterocycles. The van der Waals surface area contributed by atoms with E-state index in [0.29, 0.717) is 11.3 Å². The molecule has 0 bridgehead atoms. The van der Waals surface area contributed by atoms with Crippen molar-refractivity contribution in [1.82, 2.24) is 0 Å². The maximum absolute atomic E-state index is 6.65. The highest BCUT2D eigenvalue weighted by Gasteiger charge is 2.39. The van der Waals surface area contributed by atoms with E-state index >= 15 is 0 Å². The van der Waals surface area contributed by atoms with E-state index in [0.717, 1.165) is 5.92 Å². The van der Waals surface area contributed by atoms with Crippen molar-refractivity contribution in [2.45, 2.75) is 57.7 Å². The molecule has 0 aliphatic heterocycles. The van der Waals surface area contributed by atoms with E-state index in [2.05, 4.69) is 52.0 Å². The van der Waals surface area contributed by atoms with Gasteiger partial charge in [0.05, 0.1) is 0 Å². The summed E-state index contributed by atoms with van der Waals surface area (Å²) in [6.07, 6.45) is 3.75. The van der Waals surface area contributed by atoms with Gasteiger partial charge in [-0.05, 0) is 42.6 Å². The van der Waals surface area contributed by atoms with Crippen molar-refractivity contribution >= 4 is 11.6 Å². The van der Waals surface area contributed by atoms with Crippen molar-refractivity contribution in [3.63, 3.8) is 0 Å². The molecule has 0 spiro atoms. The van der Waals surface area contributed by atoms with Crippen LogP contribution < -0.4 is 0 Å². The standard InChI is InChI=1S/C17H25Cl/c1-12-6-5-7-14(10-12)17(3,4)15-9-8-13(2)11-16(15)18/h5-7,10,13,15-16H,8-9,11H2,1-4H3. The van der Waals surface area contributed by atoms with Gasteiger partial charge in [-0.25, -0.2) is 0 Å². The molecule has 0 radical (unpaired) electrons. The van der Waals surface area contributed by atoms with Crippen molar-refractivity contribution < 1.29 is 0 Å². The summed E-state index contributed by atoms with van der Waals surface area (Å²) in [5.41, 5.74) is 2.96. The summed E-state index contributed by atoms with van der Waals surface area (Å²) in [6, 6.07) is 8.91. The normalized spacial score (nSPS) is 29.3. The Morgan fingerprint density at radius 1 is 1.22 bits per heavy atom. The van der Waals surface area contributed by atoms with Gasteiger partial charge in [-0.15, -0.1) is 11.6 Å². The Bertz CT molecular complexity index is 408. The molecule has 0 nitrogen and oxygen atoms in total. The minimum Gasteiger partial charge on any atom is -0.123 e. The summed E-state index contributed by atoms with van der Waals surface area (Å²) in [5.74, 6) is 1.38. The molecule has 0 amide bonds. The van der Waals surface area contributed by atoms with E-state index in [1.54, 1.807) is 0 Å². The molecule has 100 valence electrons. The summed E-state index contributed by atoms with van der Waals surface area (Å²) >= 11 is 6.65. The first-order valence-electron chi connectivity index (χ1n) is 7.12. The molecule has 3 atom stereocenters. The lowest BCUT2D eigenvalue weighted by molar-refractivity contribution is 0.207. The average Bonchev–Trinajstić information content (AvgIpc) is 2.28. The van der Waals surface area contributed by atoms with Crippen LogP contribution in [0.1, 0.15) is 51.2 Å². The second kappa shape index (κ2) is 5.25. The number of aryl methyl sites for hydroxylation is 1. The molecular weight excluding hydrogens is 240 g/mol. The first-order chi connectivity index (χ1) is 8.41. The molecule has 1 heteroatoms. The zero-order chi connectivity index (χ0) is 13.3. The van der Waals surface area contributed by atoms with Gasteiger partial charge in [0.25, 0.3) is 0 Å². The molecule has 1 aromatic carbocycles. The molecule has 1 aromatic rings. The van der Waals surface area contributed by atoms with Crippen LogP contribution in [-0.2, 0) is 5.41 Å². The van der Waals surface area contributed by atoms with E-state index in [1.165, 1.54) is 30.4 Å². The van der Waals surface area contributed by atoms with Gasteiger partial charge in [0, 0.05) is 5.38 Å². The maximum Gasteiger partial charge on any atom is 0.0375 e. The molecule has 0 N–H and O–H groups in total. The molecule has 0 saturated heterocycles. The van der Waals surface area contributed by atoms with Gasteiger partial charge < -0.3 is 0 Å². The van der Waals surface area contributed by atoms with Crippen LogP contribution in [0, 0.1) is 18.8 Å². The number of halogens is 1. The molecule has 0 heterocycles. The number of alkyl halides is 1. The third-order valence-corrected chi connectivity index (χ3v) is 5.21. The van der Waals surface area contributed by atoms with Crippen molar-refractivity contribution in [1.29, 1.82) is 0 Å². The van der Waals surface area contributed by atoms with Crippen LogP contribution in [0.25, 0.3) is 0 Å². The third kappa shape index (κ3) is 2.74. The van der Waals surface area contributed by atoms with E-state index in [9.17, 15) is 0 Å². The molecule has 1 aliphatic rings. The van der Waals surface area contributed by atoms with E-state index in [1.807, 2.05) is 0 Å². The fraction of sp³-hybridized carbons (Fsp3) is 0.647. The van der Waals surface area contributed by atoms with Crippen LogP contribution in [0.3, 0.4) is 0 Å². The quantitative estimate of drug-likeness (QED) is 0.635. The highest BCUT2D eigenvalue weighted by Crippen LogP contribution is 2.44. The van der Waals surface area contributed by atoms with Gasteiger partial charge in [-0.3, -0.25) is 0 Å². The van der Waals surface area contributed by atoms with Crippen molar-refractivity contribution in [3.05, 3.63) is 35.4 Å². The van der Waals surface area contributed by atoms with Gasteiger partial charge in [0.1, 0.15) is 0 Å². The van der Waals surface area contributed by atoms with Crippen LogP contribution >= 0.6 is 11.6 Å². The van der Waals surface area contributed by atoms with E-state index < -0.39 is 0 Å². The molecule has 1 saturated carbocycles. The lowest BCUT2D eigenvalue weighted by Gasteiger charge is -2.42. The Hall–Kier alpha value is -0.490. The van der Waals surface area contributed by atoms with Crippen molar-refractivity contribution in [2.75, 3.05) is 0 Å². The Kier molecular flexibility index (Phi) is 4.06. The van der Waals surface area contributed by atoms with Crippen LogP contribution in [0.5, 0.6) is 0 Å². The Morgan fingerprint density at radius 2 is 1.94 bits per heavy atom. The largest absolute Gasteiger partial charge is 0.123 e.